The molecule has 2 aromatic carbocycles. The van der Waals surface area contributed by atoms with Crippen LogP contribution in [-0.2, 0) is 14.4 Å². The molecule has 1 aliphatic rings. The molecule has 0 saturated carbocycles. The molecule has 1 aliphatic heterocycles. The number of nitrogens with zero attached hydrogens (tertiary/aromatic N) is 2. The normalized spacial score (nSPS) is 13.5. The molecule has 0 unspecified atom stereocenters. The van der Waals surface area contributed by atoms with Crippen molar-refractivity contribution in [2.75, 3.05) is 24.0 Å². The largest absolute Gasteiger partial charge is 0.484 e. The zero-order chi connectivity index (χ0) is 19.9. The molecule has 2 N–H and O–H groups in total. The number of hydrogen-bond donors (Lipinski definition) is 2. The van der Waals surface area contributed by atoms with E-state index in [0.717, 1.165) is 0 Å². The molecule has 0 atom stereocenters. The Hall–Kier alpha value is -3.68. The smallest absolute Gasteiger partial charge is 0.271 e. The maximum absolute atomic E-state index is 12.6. The first-order chi connectivity index (χ1) is 13.6. The molecular weight excluding hydrogens is 360 g/mol. The SMILES string of the molecule is CNC(=O)COc1cccc(NC(=O)C2=NN(c3ccccc3)C(=O)CC2)c1. The quantitative estimate of drug-likeness (QED) is 0.800. The van der Waals surface area contributed by atoms with Gasteiger partial charge in [-0.25, -0.2) is 5.01 Å². The van der Waals surface area contributed by atoms with E-state index in [1.165, 1.54) is 12.1 Å². The highest BCUT2D eigenvalue weighted by Crippen LogP contribution is 2.21. The van der Waals surface area contributed by atoms with E-state index >= 15 is 0 Å². The van der Waals surface area contributed by atoms with Crippen molar-refractivity contribution in [1.29, 1.82) is 0 Å². The summed E-state index contributed by atoms with van der Waals surface area (Å²) in [4.78, 5) is 36.0. The molecule has 0 saturated heterocycles. The number of hydrogen-bond acceptors (Lipinski definition) is 5. The molecule has 0 aliphatic carbocycles. The highest BCUT2D eigenvalue weighted by Gasteiger charge is 2.25. The molecular formula is C20H20N4O4. The lowest BCUT2D eigenvalue weighted by molar-refractivity contribution is -0.122. The number of hydrazone groups is 1. The Labute approximate surface area is 162 Å². The van der Waals surface area contributed by atoms with E-state index in [4.69, 9.17) is 4.74 Å². The van der Waals surface area contributed by atoms with Crippen LogP contribution in [0, 0.1) is 0 Å². The van der Waals surface area contributed by atoms with Gasteiger partial charge in [-0.1, -0.05) is 24.3 Å². The molecule has 0 aromatic heterocycles. The number of ether oxygens (including phenoxy) is 1. The van der Waals surface area contributed by atoms with E-state index in [-0.39, 0.29) is 37.0 Å². The Balaban J connectivity index is 1.70. The summed E-state index contributed by atoms with van der Waals surface area (Å²) < 4.78 is 5.37. The minimum absolute atomic E-state index is 0.116. The second-order valence-electron chi connectivity index (χ2n) is 6.03. The van der Waals surface area contributed by atoms with E-state index < -0.39 is 5.91 Å². The fourth-order valence-electron chi connectivity index (χ4n) is 2.58. The highest BCUT2D eigenvalue weighted by molar-refractivity contribution is 6.44. The van der Waals surface area contributed by atoms with Crippen LogP contribution in [0.15, 0.2) is 59.7 Å². The second kappa shape index (κ2) is 8.81. The summed E-state index contributed by atoms with van der Waals surface area (Å²) in [6.45, 7) is -0.116. The van der Waals surface area contributed by atoms with Crippen molar-refractivity contribution < 1.29 is 19.1 Å². The molecule has 144 valence electrons. The van der Waals surface area contributed by atoms with Gasteiger partial charge in [0.2, 0.25) is 5.91 Å². The van der Waals surface area contributed by atoms with Crippen LogP contribution in [0.1, 0.15) is 12.8 Å². The second-order valence-corrected chi connectivity index (χ2v) is 6.03. The first kappa shape index (κ1) is 19.1. The van der Waals surface area contributed by atoms with Gasteiger partial charge in [0.15, 0.2) is 6.61 Å². The van der Waals surface area contributed by atoms with Crippen molar-refractivity contribution in [3.63, 3.8) is 0 Å². The van der Waals surface area contributed by atoms with Crippen molar-refractivity contribution >= 4 is 34.8 Å². The lowest BCUT2D eigenvalue weighted by Gasteiger charge is -2.23. The Kier molecular flexibility index (Phi) is 6.01. The molecule has 0 radical (unpaired) electrons. The van der Waals surface area contributed by atoms with E-state index in [1.54, 1.807) is 48.5 Å². The van der Waals surface area contributed by atoms with E-state index in [1.807, 2.05) is 6.07 Å². The van der Waals surface area contributed by atoms with Gasteiger partial charge in [0.05, 0.1) is 5.69 Å². The maximum atomic E-state index is 12.6. The van der Waals surface area contributed by atoms with Crippen LogP contribution in [0.3, 0.4) is 0 Å². The van der Waals surface area contributed by atoms with Gasteiger partial charge in [-0.15, -0.1) is 0 Å². The Bertz CT molecular complexity index is 911. The monoisotopic (exact) mass is 380 g/mol. The number of anilines is 2. The van der Waals surface area contributed by atoms with Gasteiger partial charge >= 0.3 is 0 Å². The zero-order valence-electron chi connectivity index (χ0n) is 15.3. The Morgan fingerprint density at radius 3 is 2.64 bits per heavy atom. The predicted molar refractivity (Wildman–Crippen MR) is 105 cm³/mol. The number of para-hydroxylation sites is 1. The Morgan fingerprint density at radius 1 is 1.11 bits per heavy atom. The minimum atomic E-state index is -0.392. The molecule has 0 fully saturated rings. The number of rotatable bonds is 6. The first-order valence-corrected chi connectivity index (χ1v) is 8.77. The molecule has 28 heavy (non-hydrogen) atoms. The molecule has 0 bridgehead atoms. The van der Waals surface area contributed by atoms with Crippen molar-refractivity contribution in [2.24, 2.45) is 5.10 Å². The number of carbonyl (C=O) groups is 3. The molecule has 3 rings (SSSR count). The standard InChI is InChI=1S/C20H20N4O4/c1-21-18(25)13-28-16-9-5-6-14(12-16)22-20(27)17-10-11-19(26)24(23-17)15-7-3-2-4-8-15/h2-9,12H,10-11,13H2,1H3,(H,21,25)(H,22,27). The van der Waals surface area contributed by atoms with Gasteiger partial charge in [-0.3, -0.25) is 14.4 Å². The summed E-state index contributed by atoms with van der Waals surface area (Å²) in [6.07, 6.45) is 0.470. The van der Waals surface area contributed by atoms with Gasteiger partial charge < -0.3 is 15.4 Å². The highest BCUT2D eigenvalue weighted by atomic mass is 16.5. The minimum Gasteiger partial charge on any atom is -0.484 e. The van der Waals surface area contributed by atoms with Crippen molar-refractivity contribution in [1.82, 2.24) is 5.32 Å². The lowest BCUT2D eigenvalue weighted by atomic mass is 10.1. The number of carbonyl (C=O) groups excluding carboxylic acids is 3. The number of likely N-dealkylation sites (N-methyl/N-ethyl adjacent to an activating group) is 1. The van der Waals surface area contributed by atoms with Crippen molar-refractivity contribution in [3.05, 3.63) is 54.6 Å². The average molecular weight is 380 g/mol. The molecule has 8 nitrogen and oxygen atoms in total. The van der Waals surface area contributed by atoms with Gasteiger partial charge in [0, 0.05) is 31.6 Å². The number of amides is 3. The lowest BCUT2D eigenvalue weighted by Crippen LogP contribution is -2.36. The van der Waals surface area contributed by atoms with Crippen LogP contribution < -0.4 is 20.4 Å². The van der Waals surface area contributed by atoms with E-state index in [2.05, 4.69) is 15.7 Å². The fraction of sp³-hybridized carbons (Fsp3) is 0.200. The van der Waals surface area contributed by atoms with Gasteiger partial charge in [-0.2, -0.15) is 5.10 Å². The van der Waals surface area contributed by atoms with Crippen LogP contribution in [-0.4, -0.2) is 37.1 Å². The first-order valence-electron chi connectivity index (χ1n) is 8.77. The zero-order valence-corrected chi connectivity index (χ0v) is 15.3. The predicted octanol–water partition coefficient (Wildman–Crippen LogP) is 1.93. The number of benzene rings is 2. The molecule has 3 amide bonds. The van der Waals surface area contributed by atoms with Crippen LogP contribution in [0.25, 0.3) is 0 Å². The third-order valence-corrected chi connectivity index (χ3v) is 4.04. The third kappa shape index (κ3) is 4.73. The van der Waals surface area contributed by atoms with Crippen LogP contribution in [0.2, 0.25) is 0 Å². The average Bonchev–Trinajstić information content (AvgIpc) is 2.73. The maximum Gasteiger partial charge on any atom is 0.271 e. The summed E-state index contributed by atoms with van der Waals surface area (Å²) in [5.74, 6) is -0.353. The van der Waals surface area contributed by atoms with Crippen LogP contribution >= 0.6 is 0 Å². The van der Waals surface area contributed by atoms with E-state index in [9.17, 15) is 14.4 Å². The van der Waals surface area contributed by atoms with Gasteiger partial charge in [0.1, 0.15) is 11.5 Å². The molecule has 1 heterocycles. The summed E-state index contributed by atoms with van der Waals surface area (Å²) in [5, 5.41) is 10.7. The molecule has 8 heteroatoms. The van der Waals surface area contributed by atoms with Crippen molar-refractivity contribution in [3.8, 4) is 5.75 Å². The topological polar surface area (TPSA) is 100 Å². The van der Waals surface area contributed by atoms with E-state index in [0.29, 0.717) is 17.1 Å². The van der Waals surface area contributed by atoms with Gasteiger partial charge in [0.25, 0.3) is 11.8 Å². The van der Waals surface area contributed by atoms with Crippen LogP contribution in [0.4, 0.5) is 11.4 Å². The van der Waals surface area contributed by atoms with Crippen molar-refractivity contribution in [2.45, 2.75) is 12.8 Å². The Morgan fingerprint density at radius 2 is 1.89 bits per heavy atom. The summed E-state index contributed by atoms with van der Waals surface area (Å²) in [5.41, 5.74) is 1.38. The van der Waals surface area contributed by atoms with Crippen LogP contribution in [0.5, 0.6) is 5.75 Å². The summed E-state index contributed by atoms with van der Waals surface area (Å²) >= 11 is 0. The molecule has 2 aromatic rings. The fourth-order valence-corrected chi connectivity index (χ4v) is 2.58. The molecule has 0 spiro atoms. The number of nitrogens with one attached hydrogen (secondary N) is 2. The summed E-state index contributed by atoms with van der Waals surface area (Å²) in [6, 6.07) is 15.7. The summed E-state index contributed by atoms with van der Waals surface area (Å²) in [7, 11) is 1.52. The third-order valence-electron chi connectivity index (χ3n) is 4.04. The van der Waals surface area contributed by atoms with Gasteiger partial charge in [-0.05, 0) is 24.3 Å².